The lowest BCUT2D eigenvalue weighted by atomic mass is 10.1. The average molecular weight is 331 g/mol. The van der Waals surface area contributed by atoms with Gasteiger partial charge in [0.2, 0.25) is 0 Å². The molecule has 0 aliphatic heterocycles. The lowest BCUT2D eigenvalue weighted by molar-refractivity contribution is -0.134. The van der Waals surface area contributed by atoms with Crippen molar-refractivity contribution in [1.29, 1.82) is 0 Å². The molecule has 0 radical (unpaired) electrons. The molecule has 0 fully saturated rings. The third-order valence-electron chi connectivity index (χ3n) is 2.90. The molecule has 0 bridgehead atoms. The van der Waals surface area contributed by atoms with E-state index in [0.717, 1.165) is 30.9 Å². The molecule has 0 amide bonds. The van der Waals surface area contributed by atoms with Crippen molar-refractivity contribution >= 4 is 28.0 Å². The van der Waals surface area contributed by atoms with Crippen LogP contribution < -0.4 is 0 Å². The summed E-state index contributed by atoms with van der Waals surface area (Å²) in [6.07, 6.45) is 4.70. The van der Waals surface area contributed by atoms with Gasteiger partial charge in [0.15, 0.2) is 16.3 Å². The Labute approximate surface area is 121 Å². The first-order valence-electron chi connectivity index (χ1n) is 6.36. The minimum absolute atomic E-state index is 0.108. The summed E-state index contributed by atoms with van der Waals surface area (Å²) in [5.74, 6) is 0.707. The van der Waals surface area contributed by atoms with Crippen molar-refractivity contribution in [3.05, 3.63) is 17.7 Å². The van der Waals surface area contributed by atoms with Crippen LogP contribution in [-0.2, 0) is 20.0 Å². The predicted molar refractivity (Wildman–Crippen MR) is 74.8 cm³/mol. The number of imidazole rings is 1. The Kier molecular flexibility index (Phi) is 6.77. The number of unbranched alkanes of at least 4 members (excludes halogenated alkanes) is 1. The summed E-state index contributed by atoms with van der Waals surface area (Å²) in [7, 11) is 0. The van der Waals surface area contributed by atoms with E-state index in [1.807, 2.05) is 20.0 Å². The number of halogens is 1. The molecule has 1 aromatic heterocycles. The number of aryl methyl sites for hydroxylation is 3. The van der Waals surface area contributed by atoms with Crippen LogP contribution in [0.5, 0.6) is 0 Å². The van der Waals surface area contributed by atoms with E-state index >= 15 is 0 Å². The lowest BCUT2D eigenvalue weighted by Gasteiger charge is -2.04. The molecule has 1 aromatic rings. The molecule has 1 heterocycles. The Morgan fingerprint density at radius 3 is 2.58 bits per heavy atom. The molecule has 0 saturated carbocycles. The SMILES string of the molecule is Cc1cn(CCCCC(=O)CCC(=O)OBr)c(C)n1. The van der Waals surface area contributed by atoms with Crippen molar-refractivity contribution in [3.8, 4) is 0 Å². The quantitative estimate of drug-likeness (QED) is 0.687. The number of aromatic nitrogens is 2. The minimum atomic E-state index is -0.405. The lowest BCUT2D eigenvalue weighted by Crippen LogP contribution is -2.05. The maximum absolute atomic E-state index is 11.5. The maximum Gasteiger partial charge on any atom is 0.317 e. The number of rotatable bonds is 8. The van der Waals surface area contributed by atoms with Gasteiger partial charge in [0.25, 0.3) is 0 Å². The van der Waals surface area contributed by atoms with Crippen LogP contribution in [0, 0.1) is 13.8 Å². The third-order valence-corrected chi connectivity index (χ3v) is 3.26. The van der Waals surface area contributed by atoms with Crippen LogP contribution in [0.1, 0.15) is 43.6 Å². The van der Waals surface area contributed by atoms with Crippen LogP contribution in [0.15, 0.2) is 6.20 Å². The number of Topliss-reactive ketones (excluding diaryl/α,β-unsaturated/α-hetero) is 1. The second-order valence-corrected chi connectivity index (χ2v) is 4.89. The van der Waals surface area contributed by atoms with Gasteiger partial charge in [0.05, 0.1) is 12.1 Å². The van der Waals surface area contributed by atoms with Crippen LogP contribution >= 0.6 is 16.3 Å². The number of carbonyl (C=O) groups is 2. The molecule has 0 saturated heterocycles. The van der Waals surface area contributed by atoms with Gasteiger partial charge in [-0.15, -0.1) is 0 Å². The first kappa shape index (κ1) is 15.9. The highest BCUT2D eigenvalue weighted by molar-refractivity contribution is 9.06. The fourth-order valence-corrected chi connectivity index (χ4v) is 2.06. The number of carbonyl (C=O) groups excluding carboxylic acids is 2. The van der Waals surface area contributed by atoms with Gasteiger partial charge < -0.3 is 8.40 Å². The molecule has 19 heavy (non-hydrogen) atoms. The zero-order chi connectivity index (χ0) is 14.3. The number of nitrogens with zero attached hydrogens (tertiary/aromatic N) is 2. The van der Waals surface area contributed by atoms with E-state index in [1.165, 1.54) is 0 Å². The molecule has 0 atom stereocenters. The Balaban J connectivity index is 2.15. The van der Waals surface area contributed by atoms with Crippen LogP contribution in [0.3, 0.4) is 0 Å². The second kappa shape index (κ2) is 8.09. The van der Waals surface area contributed by atoms with E-state index in [0.29, 0.717) is 6.42 Å². The van der Waals surface area contributed by atoms with Crippen molar-refractivity contribution in [2.75, 3.05) is 0 Å². The molecule has 5 nitrogen and oxygen atoms in total. The zero-order valence-corrected chi connectivity index (χ0v) is 12.9. The highest BCUT2D eigenvalue weighted by atomic mass is 79.9. The molecule has 0 unspecified atom stereocenters. The van der Waals surface area contributed by atoms with E-state index in [2.05, 4.69) is 29.6 Å². The number of hydrogen-bond donors (Lipinski definition) is 0. The predicted octanol–water partition coefficient (Wildman–Crippen LogP) is 2.87. The minimum Gasteiger partial charge on any atom is -0.384 e. The Hall–Kier alpha value is -1.17. The van der Waals surface area contributed by atoms with Gasteiger partial charge in [-0.3, -0.25) is 9.59 Å². The normalized spacial score (nSPS) is 10.5. The van der Waals surface area contributed by atoms with Gasteiger partial charge in [-0.2, -0.15) is 0 Å². The molecule has 0 N–H and O–H groups in total. The maximum atomic E-state index is 11.5. The Bertz CT molecular complexity index is 443. The largest absolute Gasteiger partial charge is 0.384 e. The van der Waals surface area contributed by atoms with Gasteiger partial charge in [-0.05, 0) is 26.7 Å². The highest BCUT2D eigenvalue weighted by Gasteiger charge is 2.07. The highest BCUT2D eigenvalue weighted by Crippen LogP contribution is 2.07. The van der Waals surface area contributed by atoms with Gasteiger partial charge >= 0.3 is 5.97 Å². The molecule has 0 aromatic carbocycles. The molecule has 0 spiro atoms. The standard InChI is InChI=1S/C13H19BrN2O3/c1-10-9-16(11(2)15-10)8-4-3-5-12(17)6-7-13(18)19-14/h9H,3-8H2,1-2H3. The van der Waals surface area contributed by atoms with Crippen molar-refractivity contribution in [2.45, 2.75) is 52.5 Å². The van der Waals surface area contributed by atoms with Gasteiger partial charge in [-0.25, -0.2) is 4.98 Å². The van der Waals surface area contributed by atoms with Crippen molar-refractivity contribution in [3.63, 3.8) is 0 Å². The van der Waals surface area contributed by atoms with Crippen LogP contribution in [-0.4, -0.2) is 21.3 Å². The number of hydrogen-bond acceptors (Lipinski definition) is 4. The van der Waals surface area contributed by atoms with E-state index in [9.17, 15) is 9.59 Å². The summed E-state index contributed by atoms with van der Waals surface area (Å²) in [5.41, 5.74) is 1.02. The van der Waals surface area contributed by atoms with Crippen LogP contribution in [0.4, 0.5) is 0 Å². The molecule has 0 aliphatic rings. The van der Waals surface area contributed by atoms with Gasteiger partial charge in [0, 0.05) is 25.6 Å². The molecular weight excluding hydrogens is 312 g/mol. The monoisotopic (exact) mass is 330 g/mol. The zero-order valence-electron chi connectivity index (χ0n) is 11.3. The summed E-state index contributed by atoms with van der Waals surface area (Å²) in [6, 6.07) is 0. The molecule has 6 heteroatoms. The van der Waals surface area contributed by atoms with E-state index in [-0.39, 0.29) is 18.6 Å². The van der Waals surface area contributed by atoms with Gasteiger partial charge in [-0.1, -0.05) is 0 Å². The smallest absolute Gasteiger partial charge is 0.317 e. The molecule has 0 aliphatic carbocycles. The fraction of sp³-hybridized carbons (Fsp3) is 0.615. The first-order valence-corrected chi connectivity index (χ1v) is 7.01. The molecule has 1 rings (SSSR count). The van der Waals surface area contributed by atoms with Crippen molar-refractivity contribution < 1.29 is 13.4 Å². The summed E-state index contributed by atoms with van der Waals surface area (Å²) >= 11 is 2.59. The third kappa shape index (κ3) is 6.00. The first-order chi connectivity index (χ1) is 9.02. The fourth-order valence-electron chi connectivity index (χ4n) is 1.90. The molecular formula is C13H19BrN2O3. The van der Waals surface area contributed by atoms with Crippen molar-refractivity contribution in [2.24, 2.45) is 0 Å². The van der Waals surface area contributed by atoms with E-state index in [1.54, 1.807) is 0 Å². The second-order valence-electron chi connectivity index (χ2n) is 4.57. The van der Waals surface area contributed by atoms with E-state index < -0.39 is 5.97 Å². The topological polar surface area (TPSA) is 61.2 Å². The van der Waals surface area contributed by atoms with Crippen LogP contribution in [0.2, 0.25) is 0 Å². The molecule has 106 valence electrons. The Morgan fingerprint density at radius 1 is 1.26 bits per heavy atom. The van der Waals surface area contributed by atoms with E-state index in [4.69, 9.17) is 0 Å². The van der Waals surface area contributed by atoms with Gasteiger partial charge in [0.1, 0.15) is 11.6 Å². The summed E-state index contributed by atoms with van der Waals surface area (Å²) < 4.78 is 6.41. The average Bonchev–Trinajstić information content (AvgIpc) is 2.70. The summed E-state index contributed by atoms with van der Waals surface area (Å²) in [5, 5.41) is 0. The van der Waals surface area contributed by atoms with Crippen LogP contribution in [0.25, 0.3) is 0 Å². The number of ketones is 1. The Morgan fingerprint density at radius 2 is 2.00 bits per heavy atom. The summed E-state index contributed by atoms with van der Waals surface area (Å²) in [6.45, 7) is 4.82. The summed E-state index contributed by atoms with van der Waals surface area (Å²) in [4.78, 5) is 26.7. The van der Waals surface area contributed by atoms with Crippen molar-refractivity contribution in [1.82, 2.24) is 9.55 Å².